The molecule has 1 aromatic rings. The minimum atomic E-state index is -0.446. The monoisotopic (exact) mass is 321 g/mol. The van der Waals surface area contributed by atoms with Gasteiger partial charge < -0.3 is 15.7 Å². The summed E-state index contributed by atoms with van der Waals surface area (Å²) in [6, 6.07) is 10.1. The van der Waals surface area contributed by atoms with Crippen LogP contribution in [0.3, 0.4) is 0 Å². The molecule has 0 amide bonds. The van der Waals surface area contributed by atoms with Gasteiger partial charge in [0, 0.05) is 24.8 Å². The Morgan fingerprint density at radius 3 is 2.86 bits per heavy atom. The first-order valence-corrected chi connectivity index (χ1v) is 9.18. The number of guanidine groups is 1. The zero-order valence-corrected chi connectivity index (χ0v) is 14.1. The fraction of sp³-hybridized carbons (Fsp3) is 0.588. The second kappa shape index (κ2) is 9.74. The van der Waals surface area contributed by atoms with E-state index in [1.54, 1.807) is 0 Å². The maximum absolute atomic E-state index is 10.1. The highest BCUT2D eigenvalue weighted by atomic mass is 32.2. The van der Waals surface area contributed by atoms with Crippen LogP contribution in [0, 0.1) is 0 Å². The van der Waals surface area contributed by atoms with E-state index < -0.39 is 6.10 Å². The number of aliphatic hydroxyl groups is 1. The van der Waals surface area contributed by atoms with Gasteiger partial charge in [0.2, 0.25) is 0 Å². The van der Waals surface area contributed by atoms with Crippen molar-refractivity contribution >= 4 is 17.7 Å². The lowest BCUT2D eigenvalue weighted by molar-refractivity contribution is 0.183. The quantitative estimate of drug-likeness (QED) is 0.531. The summed E-state index contributed by atoms with van der Waals surface area (Å²) < 4.78 is 0. The maximum Gasteiger partial charge on any atom is 0.191 e. The Morgan fingerprint density at radius 2 is 2.18 bits per heavy atom. The van der Waals surface area contributed by atoms with Crippen molar-refractivity contribution in [2.75, 3.05) is 25.4 Å². The van der Waals surface area contributed by atoms with Gasteiger partial charge in [0.1, 0.15) is 0 Å². The van der Waals surface area contributed by atoms with Crippen LogP contribution >= 0.6 is 11.8 Å². The molecule has 3 N–H and O–H groups in total. The summed E-state index contributed by atoms with van der Waals surface area (Å²) in [5, 5.41) is 17.5. The van der Waals surface area contributed by atoms with Crippen molar-refractivity contribution in [3.63, 3.8) is 0 Å². The molecule has 0 aliphatic carbocycles. The average Bonchev–Trinajstić information content (AvgIpc) is 3.04. The first kappa shape index (κ1) is 17.2. The Bertz CT molecular complexity index is 446. The van der Waals surface area contributed by atoms with E-state index in [0.717, 1.165) is 24.6 Å². The molecular weight excluding hydrogens is 294 g/mol. The van der Waals surface area contributed by atoms with Crippen LogP contribution in [-0.4, -0.2) is 47.8 Å². The summed E-state index contributed by atoms with van der Waals surface area (Å²) in [6.07, 6.45) is 2.80. The fourth-order valence-electron chi connectivity index (χ4n) is 2.50. The van der Waals surface area contributed by atoms with Crippen LogP contribution in [0.2, 0.25) is 0 Å². The van der Waals surface area contributed by atoms with Crippen molar-refractivity contribution < 1.29 is 5.11 Å². The summed E-state index contributed by atoms with van der Waals surface area (Å²) >= 11 is 2.03. The van der Waals surface area contributed by atoms with Crippen molar-refractivity contribution in [3.05, 3.63) is 35.9 Å². The van der Waals surface area contributed by atoms with E-state index in [4.69, 9.17) is 0 Å². The third-order valence-corrected chi connectivity index (χ3v) is 5.04. The predicted molar refractivity (Wildman–Crippen MR) is 95.6 cm³/mol. The summed E-state index contributed by atoms with van der Waals surface area (Å²) in [7, 11) is 0. The summed E-state index contributed by atoms with van der Waals surface area (Å²) in [5.74, 6) is 2.08. The lowest BCUT2D eigenvalue weighted by atomic mass is 10.1. The summed E-state index contributed by atoms with van der Waals surface area (Å²) in [5.41, 5.74) is 1.14. The second-order valence-corrected chi connectivity index (χ2v) is 6.99. The maximum atomic E-state index is 10.1. The molecule has 1 heterocycles. The fourth-order valence-corrected chi connectivity index (χ4v) is 3.71. The Morgan fingerprint density at radius 1 is 1.36 bits per heavy atom. The lowest BCUT2D eigenvalue weighted by Gasteiger charge is -2.15. The SMILES string of the molecule is CCNC(=NCC(O)Cc1ccccc1)NCC1CCCS1. The van der Waals surface area contributed by atoms with Crippen LogP contribution < -0.4 is 10.6 Å². The van der Waals surface area contributed by atoms with Gasteiger partial charge >= 0.3 is 0 Å². The van der Waals surface area contributed by atoms with Gasteiger partial charge in [0.05, 0.1) is 12.6 Å². The van der Waals surface area contributed by atoms with Crippen molar-refractivity contribution in [1.29, 1.82) is 0 Å². The molecule has 2 atom stereocenters. The van der Waals surface area contributed by atoms with Crippen molar-refractivity contribution in [2.45, 2.75) is 37.5 Å². The number of hydrogen-bond acceptors (Lipinski definition) is 3. The zero-order valence-electron chi connectivity index (χ0n) is 13.3. The van der Waals surface area contributed by atoms with E-state index in [2.05, 4.69) is 22.5 Å². The highest BCUT2D eigenvalue weighted by molar-refractivity contribution is 8.00. The Labute approximate surface area is 137 Å². The number of thioether (sulfide) groups is 1. The minimum absolute atomic E-state index is 0.419. The number of nitrogens with zero attached hydrogens (tertiary/aromatic N) is 1. The van der Waals surface area contributed by atoms with E-state index in [-0.39, 0.29) is 0 Å². The molecule has 22 heavy (non-hydrogen) atoms. The van der Waals surface area contributed by atoms with E-state index in [0.29, 0.717) is 18.2 Å². The van der Waals surface area contributed by atoms with Gasteiger partial charge in [-0.2, -0.15) is 11.8 Å². The molecule has 1 aromatic carbocycles. The molecule has 122 valence electrons. The van der Waals surface area contributed by atoms with Gasteiger partial charge in [-0.3, -0.25) is 4.99 Å². The van der Waals surface area contributed by atoms with Gasteiger partial charge in [0.25, 0.3) is 0 Å². The van der Waals surface area contributed by atoms with Crippen LogP contribution in [0.25, 0.3) is 0 Å². The summed E-state index contributed by atoms with van der Waals surface area (Å²) in [6.45, 7) is 4.26. The van der Waals surface area contributed by atoms with Crippen LogP contribution in [-0.2, 0) is 6.42 Å². The molecule has 0 spiro atoms. The number of nitrogens with one attached hydrogen (secondary N) is 2. The molecule has 0 bridgehead atoms. The van der Waals surface area contributed by atoms with Crippen molar-refractivity contribution in [3.8, 4) is 0 Å². The molecular formula is C17H27N3OS. The Kier molecular flexibility index (Phi) is 7.60. The molecule has 1 aliphatic rings. The van der Waals surface area contributed by atoms with Crippen molar-refractivity contribution in [1.82, 2.24) is 10.6 Å². The lowest BCUT2D eigenvalue weighted by Crippen LogP contribution is -2.40. The third-order valence-electron chi connectivity index (χ3n) is 3.64. The van der Waals surface area contributed by atoms with Crippen LogP contribution in [0.1, 0.15) is 25.3 Å². The molecule has 0 saturated carbocycles. The van der Waals surface area contributed by atoms with Crippen LogP contribution in [0.4, 0.5) is 0 Å². The summed E-state index contributed by atoms with van der Waals surface area (Å²) in [4.78, 5) is 4.51. The van der Waals surface area contributed by atoms with Gasteiger partial charge in [-0.15, -0.1) is 0 Å². The molecule has 1 saturated heterocycles. The topological polar surface area (TPSA) is 56.7 Å². The predicted octanol–water partition coefficient (Wildman–Crippen LogP) is 2.04. The van der Waals surface area contributed by atoms with Gasteiger partial charge in [-0.1, -0.05) is 30.3 Å². The van der Waals surface area contributed by atoms with E-state index in [1.807, 2.05) is 42.1 Å². The largest absolute Gasteiger partial charge is 0.391 e. The van der Waals surface area contributed by atoms with Crippen LogP contribution in [0.5, 0.6) is 0 Å². The van der Waals surface area contributed by atoms with E-state index in [1.165, 1.54) is 18.6 Å². The smallest absolute Gasteiger partial charge is 0.191 e. The standard InChI is InChI=1S/C17H27N3OS/c1-2-18-17(20-13-16-9-6-10-22-16)19-12-15(21)11-14-7-4-3-5-8-14/h3-5,7-8,15-16,21H,2,6,9-13H2,1H3,(H2,18,19,20). The molecule has 5 heteroatoms. The van der Waals surface area contributed by atoms with Gasteiger partial charge in [-0.05, 0) is 31.1 Å². The third kappa shape index (κ3) is 6.28. The highest BCUT2D eigenvalue weighted by Crippen LogP contribution is 2.25. The van der Waals surface area contributed by atoms with Crippen LogP contribution in [0.15, 0.2) is 35.3 Å². The average molecular weight is 321 g/mol. The highest BCUT2D eigenvalue weighted by Gasteiger charge is 2.15. The molecule has 1 aliphatic heterocycles. The molecule has 0 radical (unpaired) electrons. The number of hydrogen-bond donors (Lipinski definition) is 3. The number of aliphatic hydroxyl groups excluding tert-OH is 1. The van der Waals surface area contributed by atoms with Gasteiger partial charge in [-0.25, -0.2) is 0 Å². The van der Waals surface area contributed by atoms with E-state index in [9.17, 15) is 5.11 Å². The first-order valence-electron chi connectivity index (χ1n) is 8.13. The number of aliphatic imine (C=N–C) groups is 1. The minimum Gasteiger partial charge on any atom is -0.391 e. The molecule has 4 nitrogen and oxygen atoms in total. The zero-order chi connectivity index (χ0) is 15.6. The number of rotatable bonds is 7. The molecule has 2 rings (SSSR count). The molecule has 1 fully saturated rings. The second-order valence-electron chi connectivity index (χ2n) is 5.58. The van der Waals surface area contributed by atoms with Gasteiger partial charge in [0.15, 0.2) is 5.96 Å². The van der Waals surface area contributed by atoms with Crippen molar-refractivity contribution in [2.24, 2.45) is 4.99 Å². The normalized spacial score (nSPS) is 19.9. The molecule has 2 unspecified atom stereocenters. The number of benzene rings is 1. The molecule has 0 aromatic heterocycles. The van der Waals surface area contributed by atoms with E-state index >= 15 is 0 Å². The Hall–Kier alpha value is -1.20. The first-order chi connectivity index (χ1) is 10.8. The Balaban J connectivity index is 1.77.